The normalized spacial score (nSPS) is 11.0. The number of hydrogen-bond acceptors (Lipinski definition) is 2. The maximum atomic E-state index is 5.99. The van der Waals surface area contributed by atoms with E-state index in [1.165, 1.54) is 16.5 Å². The highest BCUT2D eigenvalue weighted by Crippen LogP contribution is 2.25. The number of aromatic nitrogens is 1. The van der Waals surface area contributed by atoms with Gasteiger partial charge in [0.15, 0.2) is 0 Å². The van der Waals surface area contributed by atoms with Crippen molar-refractivity contribution in [3.8, 4) is 5.75 Å². The first-order valence-electron chi connectivity index (χ1n) is 7.40. The van der Waals surface area contributed by atoms with Gasteiger partial charge in [0.1, 0.15) is 12.4 Å². The molecule has 0 bridgehead atoms. The Kier molecular flexibility index (Phi) is 4.36. The topological polar surface area (TPSA) is 40.2 Å². The van der Waals surface area contributed by atoms with Gasteiger partial charge in [-0.15, -0.1) is 0 Å². The van der Waals surface area contributed by atoms with E-state index in [1.54, 1.807) is 0 Å². The van der Waals surface area contributed by atoms with Crippen LogP contribution < -0.4 is 10.5 Å². The third-order valence-corrected chi connectivity index (χ3v) is 4.03. The van der Waals surface area contributed by atoms with Gasteiger partial charge in [0.2, 0.25) is 0 Å². The molecule has 2 N–H and O–H groups in total. The molecule has 0 saturated heterocycles. The van der Waals surface area contributed by atoms with Gasteiger partial charge in [0, 0.05) is 40.8 Å². The standard InChI is InChI=1S/C18H19ClN2O/c1-2-21-11-14(12-22-16-5-3-4-15(19)9-16)17-7-6-13(10-20)8-18(17)21/h3-9,11H,2,10,12,20H2,1H3. The number of nitrogens with zero attached hydrogens (tertiary/aromatic N) is 1. The van der Waals surface area contributed by atoms with Crippen molar-refractivity contribution in [2.24, 2.45) is 5.73 Å². The molecule has 1 heterocycles. The number of aryl methyl sites for hydroxylation is 1. The van der Waals surface area contributed by atoms with E-state index < -0.39 is 0 Å². The Hall–Kier alpha value is -1.97. The highest BCUT2D eigenvalue weighted by Gasteiger charge is 2.09. The Morgan fingerprint density at radius 3 is 2.77 bits per heavy atom. The van der Waals surface area contributed by atoms with E-state index in [9.17, 15) is 0 Å². The van der Waals surface area contributed by atoms with Crippen LogP contribution in [0.15, 0.2) is 48.7 Å². The summed E-state index contributed by atoms with van der Waals surface area (Å²) in [6.45, 7) is 4.13. The van der Waals surface area contributed by atoms with Crippen molar-refractivity contribution in [1.29, 1.82) is 0 Å². The van der Waals surface area contributed by atoms with Crippen molar-refractivity contribution < 1.29 is 4.74 Å². The van der Waals surface area contributed by atoms with Crippen molar-refractivity contribution in [3.05, 3.63) is 64.8 Å². The first-order chi connectivity index (χ1) is 10.7. The average molecular weight is 315 g/mol. The lowest BCUT2D eigenvalue weighted by Gasteiger charge is -2.05. The molecule has 0 aliphatic heterocycles. The first-order valence-corrected chi connectivity index (χ1v) is 7.78. The van der Waals surface area contributed by atoms with E-state index in [0.717, 1.165) is 17.9 Å². The largest absolute Gasteiger partial charge is 0.489 e. The maximum Gasteiger partial charge on any atom is 0.121 e. The number of nitrogens with two attached hydrogens (primary N) is 1. The fourth-order valence-electron chi connectivity index (χ4n) is 2.64. The van der Waals surface area contributed by atoms with Gasteiger partial charge in [-0.3, -0.25) is 0 Å². The second-order valence-electron chi connectivity index (χ2n) is 5.24. The van der Waals surface area contributed by atoms with Crippen LogP contribution >= 0.6 is 11.6 Å². The number of rotatable bonds is 5. The zero-order valence-corrected chi connectivity index (χ0v) is 13.3. The number of fused-ring (bicyclic) bond motifs is 1. The molecule has 0 unspecified atom stereocenters. The van der Waals surface area contributed by atoms with Crippen LogP contribution in [0.5, 0.6) is 5.75 Å². The van der Waals surface area contributed by atoms with E-state index in [2.05, 4.69) is 35.9 Å². The molecule has 3 nitrogen and oxygen atoms in total. The Morgan fingerprint density at radius 1 is 1.18 bits per heavy atom. The van der Waals surface area contributed by atoms with Crippen LogP contribution in [0.25, 0.3) is 10.9 Å². The molecular weight excluding hydrogens is 296 g/mol. The molecule has 22 heavy (non-hydrogen) atoms. The van der Waals surface area contributed by atoms with Crippen LogP contribution in [-0.2, 0) is 19.7 Å². The molecule has 0 saturated carbocycles. The summed E-state index contributed by atoms with van der Waals surface area (Å²) in [5.74, 6) is 0.781. The van der Waals surface area contributed by atoms with Gasteiger partial charge in [0.25, 0.3) is 0 Å². The Balaban J connectivity index is 1.90. The minimum absolute atomic E-state index is 0.520. The van der Waals surface area contributed by atoms with Gasteiger partial charge < -0.3 is 15.0 Å². The molecule has 0 amide bonds. The summed E-state index contributed by atoms with van der Waals surface area (Å²) >= 11 is 5.99. The van der Waals surface area contributed by atoms with Crippen LogP contribution in [0.3, 0.4) is 0 Å². The Labute approximate surface area is 135 Å². The lowest BCUT2D eigenvalue weighted by Crippen LogP contribution is -1.97. The fourth-order valence-corrected chi connectivity index (χ4v) is 2.82. The zero-order valence-electron chi connectivity index (χ0n) is 12.6. The quantitative estimate of drug-likeness (QED) is 0.760. The van der Waals surface area contributed by atoms with Crippen LogP contribution in [0, 0.1) is 0 Å². The summed E-state index contributed by atoms with van der Waals surface area (Å²) in [6, 6.07) is 13.8. The van der Waals surface area contributed by atoms with Crippen molar-refractivity contribution >= 4 is 22.5 Å². The van der Waals surface area contributed by atoms with Crippen LogP contribution in [-0.4, -0.2) is 4.57 Å². The number of hydrogen-bond donors (Lipinski definition) is 1. The highest BCUT2D eigenvalue weighted by atomic mass is 35.5. The molecule has 114 valence electrons. The lowest BCUT2D eigenvalue weighted by molar-refractivity contribution is 0.307. The molecule has 0 aliphatic rings. The minimum atomic E-state index is 0.520. The predicted octanol–water partition coefficient (Wildman–Crippen LogP) is 4.35. The zero-order chi connectivity index (χ0) is 15.5. The molecule has 0 fully saturated rings. The van der Waals surface area contributed by atoms with Crippen LogP contribution in [0.1, 0.15) is 18.1 Å². The monoisotopic (exact) mass is 314 g/mol. The SMILES string of the molecule is CCn1cc(COc2cccc(Cl)c2)c2ccc(CN)cc21. The third-order valence-electron chi connectivity index (χ3n) is 3.80. The molecular formula is C18H19ClN2O. The summed E-state index contributed by atoms with van der Waals surface area (Å²) in [5.41, 5.74) is 9.25. The smallest absolute Gasteiger partial charge is 0.121 e. The van der Waals surface area contributed by atoms with Crippen molar-refractivity contribution in [2.45, 2.75) is 26.6 Å². The van der Waals surface area contributed by atoms with Crippen molar-refractivity contribution in [3.63, 3.8) is 0 Å². The summed E-state index contributed by atoms with van der Waals surface area (Å²) in [4.78, 5) is 0. The maximum absolute atomic E-state index is 5.99. The predicted molar refractivity (Wildman–Crippen MR) is 91.3 cm³/mol. The van der Waals surface area contributed by atoms with Crippen LogP contribution in [0.4, 0.5) is 0 Å². The molecule has 4 heteroatoms. The second-order valence-corrected chi connectivity index (χ2v) is 5.68. The number of benzene rings is 2. The van der Waals surface area contributed by atoms with E-state index in [4.69, 9.17) is 22.1 Å². The summed E-state index contributed by atoms with van der Waals surface area (Å²) in [7, 11) is 0. The molecule has 0 aliphatic carbocycles. The molecule has 0 radical (unpaired) electrons. The van der Waals surface area contributed by atoms with Crippen LogP contribution in [0.2, 0.25) is 5.02 Å². The molecule has 0 atom stereocenters. The van der Waals surface area contributed by atoms with Crippen molar-refractivity contribution in [2.75, 3.05) is 0 Å². The fraction of sp³-hybridized carbons (Fsp3) is 0.222. The molecule has 2 aromatic carbocycles. The van der Waals surface area contributed by atoms with Gasteiger partial charge in [-0.1, -0.05) is 29.8 Å². The third kappa shape index (κ3) is 2.96. The summed E-state index contributed by atoms with van der Waals surface area (Å²) < 4.78 is 8.10. The van der Waals surface area contributed by atoms with Crippen molar-refractivity contribution in [1.82, 2.24) is 4.57 Å². The van der Waals surface area contributed by atoms with E-state index >= 15 is 0 Å². The molecule has 3 rings (SSSR count). The summed E-state index contributed by atoms with van der Waals surface area (Å²) in [6.07, 6.45) is 2.15. The van der Waals surface area contributed by atoms with E-state index in [0.29, 0.717) is 18.2 Å². The molecule has 3 aromatic rings. The van der Waals surface area contributed by atoms with Gasteiger partial charge >= 0.3 is 0 Å². The van der Waals surface area contributed by atoms with E-state index in [1.807, 2.05) is 24.3 Å². The summed E-state index contributed by atoms with van der Waals surface area (Å²) in [5, 5.41) is 1.89. The lowest BCUT2D eigenvalue weighted by atomic mass is 10.1. The van der Waals surface area contributed by atoms with Gasteiger partial charge in [-0.05, 0) is 36.8 Å². The highest BCUT2D eigenvalue weighted by molar-refractivity contribution is 6.30. The minimum Gasteiger partial charge on any atom is -0.489 e. The van der Waals surface area contributed by atoms with Gasteiger partial charge in [0.05, 0.1) is 0 Å². The first kappa shape index (κ1) is 14.9. The molecule has 0 spiro atoms. The van der Waals surface area contributed by atoms with E-state index in [-0.39, 0.29) is 0 Å². The van der Waals surface area contributed by atoms with Gasteiger partial charge in [-0.25, -0.2) is 0 Å². The average Bonchev–Trinajstić information content (AvgIpc) is 2.90. The Morgan fingerprint density at radius 2 is 2.05 bits per heavy atom. The Bertz CT molecular complexity index is 795. The second kappa shape index (κ2) is 6.42. The number of halogens is 1. The molecule has 1 aromatic heterocycles. The van der Waals surface area contributed by atoms with Gasteiger partial charge in [-0.2, -0.15) is 0 Å². The number of ether oxygens (including phenoxy) is 1.